The van der Waals surface area contributed by atoms with Crippen molar-refractivity contribution in [2.75, 3.05) is 11.9 Å². The van der Waals surface area contributed by atoms with Gasteiger partial charge in [0.05, 0.1) is 17.3 Å². The summed E-state index contributed by atoms with van der Waals surface area (Å²) < 4.78 is 1.96. The van der Waals surface area contributed by atoms with Gasteiger partial charge in [0.25, 0.3) is 0 Å². The summed E-state index contributed by atoms with van der Waals surface area (Å²) in [5.74, 6) is 0. The monoisotopic (exact) mass is 247 g/mol. The van der Waals surface area contributed by atoms with Crippen molar-refractivity contribution in [3.05, 3.63) is 47.2 Å². The van der Waals surface area contributed by atoms with E-state index in [1.807, 2.05) is 10.9 Å². The van der Waals surface area contributed by atoms with Crippen LogP contribution in [0.4, 0.5) is 5.69 Å². The molecule has 3 nitrogen and oxygen atoms in total. The van der Waals surface area contributed by atoms with E-state index in [-0.39, 0.29) is 0 Å². The van der Waals surface area contributed by atoms with Crippen molar-refractivity contribution in [2.45, 2.75) is 18.9 Å². The summed E-state index contributed by atoms with van der Waals surface area (Å²) in [7, 11) is 0. The first-order valence-corrected chi connectivity index (χ1v) is 6.22. The van der Waals surface area contributed by atoms with Crippen molar-refractivity contribution in [3.8, 4) is 0 Å². The Morgan fingerprint density at radius 3 is 3.06 bits per heavy atom. The second-order valence-corrected chi connectivity index (χ2v) is 4.81. The van der Waals surface area contributed by atoms with Gasteiger partial charge in [-0.3, -0.25) is 4.68 Å². The van der Waals surface area contributed by atoms with Crippen LogP contribution in [0, 0.1) is 0 Å². The van der Waals surface area contributed by atoms with E-state index in [1.54, 1.807) is 6.20 Å². The van der Waals surface area contributed by atoms with E-state index >= 15 is 0 Å². The fourth-order valence-corrected chi connectivity index (χ4v) is 2.45. The molecule has 1 aromatic carbocycles. The van der Waals surface area contributed by atoms with Gasteiger partial charge < -0.3 is 5.32 Å². The van der Waals surface area contributed by atoms with Crippen LogP contribution in [-0.2, 0) is 6.42 Å². The highest BCUT2D eigenvalue weighted by molar-refractivity contribution is 6.30. The van der Waals surface area contributed by atoms with Crippen molar-refractivity contribution in [1.82, 2.24) is 9.78 Å². The maximum Gasteiger partial charge on any atom is 0.0785 e. The highest BCUT2D eigenvalue weighted by Gasteiger charge is 2.17. The van der Waals surface area contributed by atoms with Crippen LogP contribution >= 0.6 is 11.6 Å². The smallest absolute Gasteiger partial charge is 0.0785 e. The summed E-state index contributed by atoms with van der Waals surface area (Å²) in [6.07, 6.45) is 5.75. The van der Waals surface area contributed by atoms with Gasteiger partial charge in [0.1, 0.15) is 0 Å². The van der Waals surface area contributed by atoms with E-state index in [0.29, 0.717) is 11.1 Å². The summed E-state index contributed by atoms with van der Waals surface area (Å²) in [4.78, 5) is 0. The summed E-state index contributed by atoms with van der Waals surface area (Å²) in [5, 5.41) is 8.47. The topological polar surface area (TPSA) is 29.9 Å². The molecule has 4 heteroatoms. The fourth-order valence-electron chi connectivity index (χ4n) is 2.30. The molecule has 2 heterocycles. The zero-order valence-corrected chi connectivity index (χ0v) is 10.2. The Morgan fingerprint density at radius 2 is 2.24 bits per heavy atom. The van der Waals surface area contributed by atoms with E-state index in [4.69, 9.17) is 11.6 Å². The molecule has 1 aliphatic rings. The van der Waals surface area contributed by atoms with Crippen LogP contribution in [0.1, 0.15) is 18.0 Å². The van der Waals surface area contributed by atoms with Gasteiger partial charge in [-0.15, -0.1) is 0 Å². The number of benzene rings is 1. The number of aromatic nitrogens is 2. The number of rotatable bonds is 1. The zero-order valence-electron chi connectivity index (χ0n) is 9.44. The molecule has 1 aromatic heterocycles. The number of aryl methyl sites for hydroxylation is 1. The van der Waals surface area contributed by atoms with E-state index < -0.39 is 0 Å². The first kappa shape index (κ1) is 10.7. The van der Waals surface area contributed by atoms with E-state index in [2.05, 4.69) is 34.7 Å². The lowest BCUT2D eigenvalue weighted by molar-refractivity contribution is 0.449. The first-order chi connectivity index (χ1) is 8.33. The highest BCUT2D eigenvalue weighted by Crippen LogP contribution is 2.25. The van der Waals surface area contributed by atoms with E-state index in [9.17, 15) is 0 Å². The van der Waals surface area contributed by atoms with Crippen molar-refractivity contribution in [3.63, 3.8) is 0 Å². The van der Waals surface area contributed by atoms with Gasteiger partial charge in [0.15, 0.2) is 0 Å². The van der Waals surface area contributed by atoms with Crippen LogP contribution in [0.5, 0.6) is 0 Å². The molecule has 0 saturated carbocycles. The normalized spacial score (nSPS) is 19.2. The van der Waals surface area contributed by atoms with E-state index in [1.165, 1.54) is 11.3 Å². The van der Waals surface area contributed by atoms with Gasteiger partial charge in [0.2, 0.25) is 0 Å². The molecule has 0 saturated heterocycles. The van der Waals surface area contributed by atoms with Crippen LogP contribution < -0.4 is 5.32 Å². The number of para-hydroxylation sites is 1. The molecule has 0 amide bonds. The van der Waals surface area contributed by atoms with Crippen molar-refractivity contribution in [1.29, 1.82) is 0 Å². The maximum atomic E-state index is 5.91. The minimum atomic E-state index is 0.370. The third-order valence-corrected chi connectivity index (χ3v) is 3.43. The summed E-state index contributed by atoms with van der Waals surface area (Å²) in [6.45, 7) is 0.898. The number of halogens is 1. The quantitative estimate of drug-likeness (QED) is 0.839. The standard InChI is InChI=1S/C13H14ClN3/c14-11-7-16-17(9-11)12-6-5-10-3-1-2-4-13(10)15-8-12/h1-4,7,9,12,15H,5-6,8H2. The van der Waals surface area contributed by atoms with Crippen molar-refractivity contribution in [2.24, 2.45) is 0 Å². The minimum Gasteiger partial charge on any atom is -0.383 e. The lowest BCUT2D eigenvalue weighted by atomic mass is 10.1. The molecule has 1 aliphatic heterocycles. The van der Waals surface area contributed by atoms with Gasteiger partial charge in [-0.05, 0) is 24.5 Å². The largest absolute Gasteiger partial charge is 0.383 e. The summed E-state index contributed by atoms with van der Waals surface area (Å²) in [5.41, 5.74) is 2.63. The zero-order chi connectivity index (χ0) is 11.7. The van der Waals surface area contributed by atoms with Crippen LogP contribution in [0.3, 0.4) is 0 Å². The molecule has 0 fully saturated rings. The van der Waals surface area contributed by atoms with Crippen LogP contribution in [-0.4, -0.2) is 16.3 Å². The van der Waals surface area contributed by atoms with Gasteiger partial charge in [0, 0.05) is 18.4 Å². The second kappa shape index (κ2) is 4.41. The predicted octanol–water partition coefficient (Wildman–Crippen LogP) is 3.14. The average Bonchev–Trinajstić information content (AvgIpc) is 2.66. The molecular formula is C13H14ClN3. The minimum absolute atomic E-state index is 0.370. The third kappa shape index (κ3) is 2.15. The molecule has 0 aliphatic carbocycles. The van der Waals surface area contributed by atoms with Gasteiger partial charge in [-0.25, -0.2) is 0 Å². The SMILES string of the molecule is Clc1cnn(C2CCc3ccccc3NC2)c1. The highest BCUT2D eigenvalue weighted by atomic mass is 35.5. The van der Waals surface area contributed by atoms with E-state index in [0.717, 1.165) is 19.4 Å². The van der Waals surface area contributed by atoms with Crippen LogP contribution in [0.25, 0.3) is 0 Å². The Kier molecular flexibility index (Phi) is 2.77. The molecule has 0 spiro atoms. The van der Waals surface area contributed by atoms with Gasteiger partial charge >= 0.3 is 0 Å². The molecule has 1 N–H and O–H groups in total. The molecular weight excluding hydrogens is 234 g/mol. The molecule has 0 bridgehead atoms. The first-order valence-electron chi connectivity index (χ1n) is 5.84. The lowest BCUT2D eigenvalue weighted by Crippen LogP contribution is -2.17. The average molecular weight is 248 g/mol. The number of nitrogens with one attached hydrogen (secondary N) is 1. The maximum absolute atomic E-state index is 5.91. The number of anilines is 1. The summed E-state index contributed by atoms with van der Waals surface area (Å²) in [6, 6.07) is 8.84. The number of hydrogen-bond acceptors (Lipinski definition) is 2. The third-order valence-electron chi connectivity index (χ3n) is 3.24. The fraction of sp³-hybridized carbons (Fsp3) is 0.308. The van der Waals surface area contributed by atoms with Crippen molar-refractivity contribution >= 4 is 17.3 Å². The predicted molar refractivity (Wildman–Crippen MR) is 69.5 cm³/mol. The number of fused-ring (bicyclic) bond motifs is 1. The Bertz CT molecular complexity index is 494. The number of hydrogen-bond donors (Lipinski definition) is 1. The lowest BCUT2D eigenvalue weighted by Gasteiger charge is -2.14. The molecule has 88 valence electrons. The molecule has 0 radical (unpaired) electrons. The second-order valence-electron chi connectivity index (χ2n) is 4.37. The van der Waals surface area contributed by atoms with Gasteiger partial charge in [-0.1, -0.05) is 29.8 Å². The van der Waals surface area contributed by atoms with Crippen molar-refractivity contribution < 1.29 is 0 Å². The molecule has 1 unspecified atom stereocenters. The van der Waals surface area contributed by atoms with Crippen LogP contribution in [0.15, 0.2) is 36.7 Å². The number of nitrogens with zero attached hydrogens (tertiary/aromatic N) is 2. The Hall–Kier alpha value is -1.48. The molecule has 17 heavy (non-hydrogen) atoms. The summed E-state index contributed by atoms with van der Waals surface area (Å²) >= 11 is 5.91. The molecule has 2 aromatic rings. The van der Waals surface area contributed by atoms with Crippen LogP contribution in [0.2, 0.25) is 5.02 Å². The Balaban J connectivity index is 1.81. The Morgan fingerprint density at radius 1 is 1.35 bits per heavy atom. The Labute approximate surface area is 105 Å². The molecule has 1 atom stereocenters. The van der Waals surface area contributed by atoms with Gasteiger partial charge in [-0.2, -0.15) is 5.10 Å². The molecule has 3 rings (SSSR count).